The van der Waals surface area contributed by atoms with Crippen LogP contribution in [0.2, 0.25) is 0 Å². The zero-order valence-corrected chi connectivity index (χ0v) is 9.08. The van der Waals surface area contributed by atoms with Gasteiger partial charge in [0.15, 0.2) is 17.8 Å². The molecule has 0 aliphatic heterocycles. The molecule has 1 aromatic carbocycles. The fraction of sp³-hybridized carbons (Fsp3) is 0.0909. The number of nitrogens with two attached hydrogens (primary N) is 1. The lowest BCUT2D eigenvalue weighted by atomic mass is 10.1. The molecule has 0 unspecified atom stereocenters. The highest BCUT2D eigenvalue weighted by Gasteiger charge is 2.09. The summed E-state index contributed by atoms with van der Waals surface area (Å²) >= 11 is 0. The molecular weight excluding hydrogens is 218 g/mol. The van der Waals surface area contributed by atoms with Gasteiger partial charge in [-0.15, -0.1) is 10.2 Å². The number of aromatic nitrogens is 4. The van der Waals surface area contributed by atoms with Gasteiger partial charge in [0, 0.05) is 5.56 Å². The third-order valence-electron chi connectivity index (χ3n) is 2.42. The number of benzene rings is 1. The van der Waals surface area contributed by atoms with Crippen molar-refractivity contribution in [3.8, 4) is 11.3 Å². The number of anilines is 1. The summed E-state index contributed by atoms with van der Waals surface area (Å²) in [5, 5.41) is 7.94. The van der Waals surface area contributed by atoms with Crippen LogP contribution >= 0.6 is 0 Å². The van der Waals surface area contributed by atoms with Crippen LogP contribution in [-0.2, 0) is 0 Å². The smallest absolute Gasteiger partial charge is 0.181 e. The summed E-state index contributed by atoms with van der Waals surface area (Å²) in [7, 11) is 0. The third kappa shape index (κ3) is 1.59. The van der Waals surface area contributed by atoms with Crippen LogP contribution in [0.1, 0.15) is 5.82 Å². The Kier molecular flexibility index (Phi) is 2.01. The van der Waals surface area contributed by atoms with Crippen LogP contribution in [0, 0.1) is 6.92 Å². The fourth-order valence-corrected chi connectivity index (χ4v) is 1.63. The van der Waals surface area contributed by atoms with E-state index < -0.39 is 0 Å². The second-order valence-corrected chi connectivity index (χ2v) is 3.63. The van der Waals surface area contributed by atoms with Crippen LogP contribution in [0.15, 0.2) is 29.0 Å². The van der Waals surface area contributed by atoms with E-state index in [0.29, 0.717) is 22.9 Å². The quantitative estimate of drug-likeness (QED) is 0.678. The van der Waals surface area contributed by atoms with Gasteiger partial charge >= 0.3 is 0 Å². The van der Waals surface area contributed by atoms with Crippen molar-refractivity contribution < 1.29 is 4.42 Å². The zero-order valence-electron chi connectivity index (χ0n) is 9.08. The predicted molar refractivity (Wildman–Crippen MR) is 62.0 cm³/mol. The highest BCUT2D eigenvalue weighted by atomic mass is 16.3. The molecule has 6 heteroatoms. The SMILES string of the molecule is Cc1nnc(-c2ccc3ncoc3c2)c(N)n1. The monoisotopic (exact) mass is 227 g/mol. The molecule has 17 heavy (non-hydrogen) atoms. The summed E-state index contributed by atoms with van der Waals surface area (Å²) in [6, 6.07) is 5.52. The van der Waals surface area contributed by atoms with E-state index in [-0.39, 0.29) is 0 Å². The van der Waals surface area contributed by atoms with E-state index in [1.807, 2.05) is 18.2 Å². The van der Waals surface area contributed by atoms with Crippen molar-refractivity contribution in [2.45, 2.75) is 6.92 Å². The number of fused-ring (bicyclic) bond motifs is 1. The topological polar surface area (TPSA) is 90.7 Å². The minimum Gasteiger partial charge on any atom is -0.443 e. The normalized spacial score (nSPS) is 10.9. The number of hydrogen-bond acceptors (Lipinski definition) is 6. The van der Waals surface area contributed by atoms with Gasteiger partial charge in [0.2, 0.25) is 0 Å². The Balaban J connectivity index is 2.19. The molecule has 3 aromatic rings. The summed E-state index contributed by atoms with van der Waals surface area (Å²) in [6.45, 7) is 1.74. The lowest BCUT2D eigenvalue weighted by molar-refractivity contribution is 0.602. The van der Waals surface area contributed by atoms with E-state index in [2.05, 4.69) is 20.2 Å². The molecule has 0 fully saturated rings. The Morgan fingerprint density at radius 3 is 2.94 bits per heavy atom. The van der Waals surface area contributed by atoms with E-state index in [9.17, 15) is 0 Å². The molecular formula is C11H9N5O. The lowest BCUT2D eigenvalue weighted by Gasteiger charge is -2.03. The van der Waals surface area contributed by atoms with Crippen LogP contribution in [0.3, 0.4) is 0 Å². The average Bonchev–Trinajstić information content (AvgIpc) is 2.75. The van der Waals surface area contributed by atoms with Crippen LogP contribution in [0.4, 0.5) is 5.82 Å². The Labute approximate surface area is 96.5 Å². The van der Waals surface area contributed by atoms with Crippen molar-refractivity contribution in [3.63, 3.8) is 0 Å². The molecule has 0 saturated carbocycles. The average molecular weight is 227 g/mol. The molecule has 0 aliphatic carbocycles. The molecule has 0 radical (unpaired) electrons. The second kappa shape index (κ2) is 3.51. The van der Waals surface area contributed by atoms with E-state index in [1.165, 1.54) is 6.39 Å². The number of nitrogens with zero attached hydrogens (tertiary/aromatic N) is 4. The van der Waals surface area contributed by atoms with E-state index in [1.54, 1.807) is 6.92 Å². The van der Waals surface area contributed by atoms with Crippen LogP contribution in [0.5, 0.6) is 0 Å². The maximum Gasteiger partial charge on any atom is 0.181 e. The van der Waals surface area contributed by atoms with Crippen LogP contribution in [0.25, 0.3) is 22.4 Å². The summed E-state index contributed by atoms with van der Waals surface area (Å²) in [4.78, 5) is 8.12. The first-order valence-electron chi connectivity index (χ1n) is 5.04. The van der Waals surface area contributed by atoms with E-state index in [4.69, 9.17) is 10.2 Å². The number of rotatable bonds is 1. The van der Waals surface area contributed by atoms with Gasteiger partial charge in [-0.1, -0.05) is 6.07 Å². The largest absolute Gasteiger partial charge is 0.443 e. The number of nitrogen functional groups attached to an aromatic ring is 1. The van der Waals surface area contributed by atoms with Gasteiger partial charge in [-0.25, -0.2) is 9.97 Å². The van der Waals surface area contributed by atoms with Crippen LogP contribution in [-0.4, -0.2) is 20.2 Å². The fourth-order valence-electron chi connectivity index (χ4n) is 1.63. The first-order chi connectivity index (χ1) is 8.24. The standard InChI is InChI=1S/C11H9N5O/c1-6-14-11(12)10(16-15-6)7-2-3-8-9(4-7)17-5-13-8/h2-5H,1H3,(H2,12,14,15). The minimum atomic E-state index is 0.358. The molecule has 2 N–H and O–H groups in total. The Morgan fingerprint density at radius 2 is 2.12 bits per heavy atom. The van der Waals surface area contributed by atoms with Gasteiger partial charge in [0.25, 0.3) is 0 Å². The van der Waals surface area contributed by atoms with Gasteiger partial charge in [-0.2, -0.15) is 0 Å². The molecule has 0 amide bonds. The van der Waals surface area contributed by atoms with Gasteiger partial charge in [0.1, 0.15) is 17.0 Å². The molecule has 84 valence electrons. The van der Waals surface area contributed by atoms with Gasteiger partial charge in [-0.3, -0.25) is 0 Å². The molecule has 0 aliphatic rings. The molecule has 0 saturated heterocycles. The maximum atomic E-state index is 5.81. The van der Waals surface area contributed by atoms with Crippen molar-refractivity contribution in [2.75, 3.05) is 5.73 Å². The predicted octanol–water partition coefficient (Wildman–Crippen LogP) is 1.57. The van der Waals surface area contributed by atoms with Crippen molar-refractivity contribution in [1.82, 2.24) is 20.2 Å². The van der Waals surface area contributed by atoms with Crippen LogP contribution < -0.4 is 5.73 Å². The van der Waals surface area contributed by atoms with Crippen molar-refractivity contribution in [3.05, 3.63) is 30.4 Å². The molecule has 2 aromatic heterocycles. The summed E-state index contributed by atoms with van der Waals surface area (Å²) in [5.41, 5.74) is 8.65. The lowest BCUT2D eigenvalue weighted by Crippen LogP contribution is -2.01. The van der Waals surface area contributed by atoms with Crippen molar-refractivity contribution in [1.29, 1.82) is 0 Å². The molecule has 3 rings (SSSR count). The van der Waals surface area contributed by atoms with Crippen molar-refractivity contribution in [2.24, 2.45) is 0 Å². The third-order valence-corrected chi connectivity index (χ3v) is 2.42. The molecule has 0 spiro atoms. The summed E-state index contributed by atoms with van der Waals surface area (Å²) in [6.07, 6.45) is 1.40. The first-order valence-corrected chi connectivity index (χ1v) is 5.04. The highest BCUT2D eigenvalue weighted by molar-refractivity contribution is 5.81. The van der Waals surface area contributed by atoms with Gasteiger partial charge < -0.3 is 10.2 Å². The second-order valence-electron chi connectivity index (χ2n) is 3.63. The van der Waals surface area contributed by atoms with E-state index in [0.717, 1.165) is 11.1 Å². The minimum absolute atomic E-state index is 0.358. The first kappa shape index (κ1) is 9.71. The van der Waals surface area contributed by atoms with Crippen molar-refractivity contribution >= 4 is 16.9 Å². The highest BCUT2D eigenvalue weighted by Crippen LogP contribution is 2.24. The number of aryl methyl sites for hydroxylation is 1. The van der Waals surface area contributed by atoms with Gasteiger partial charge in [-0.05, 0) is 19.1 Å². The molecule has 0 atom stereocenters. The summed E-state index contributed by atoms with van der Waals surface area (Å²) in [5.74, 6) is 0.906. The molecule has 2 heterocycles. The number of hydrogen-bond donors (Lipinski definition) is 1. The van der Waals surface area contributed by atoms with E-state index >= 15 is 0 Å². The Bertz CT molecular complexity index is 691. The maximum absolute atomic E-state index is 5.81. The molecule has 6 nitrogen and oxygen atoms in total. The van der Waals surface area contributed by atoms with Gasteiger partial charge in [0.05, 0.1) is 0 Å². The number of oxazole rings is 1. The summed E-state index contributed by atoms with van der Waals surface area (Å²) < 4.78 is 5.22. The molecule has 0 bridgehead atoms. The Morgan fingerprint density at radius 1 is 1.24 bits per heavy atom. The Hall–Kier alpha value is -2.50. The zero-order chi connectivity index (χ0) is 11.8.